The largest absolute Gasteiger partial charge is 0.480 e. The van der Waals surface area contributed by atoms with Crippen molar-refractivity contribution in [3.63, 3.8) is 0 Å². The van der Waals surface area contributed by atoms with E-state index in [0.29, 0.717) is 0 Å². The molecule has 0 aliphatic heterocycles. The van der Waals surface area contributed by atoms with Crippen LogP contribution >= 0.6 is 0 Å². The first-order valence-corrected chi connectivity index (χ1v) is 3.86. The smallest absolute Gasteiger partial charge is 0.323 e. The van der Waals surface area contributed by atoms with E-state index in [9.17, 15) is 9.90 Å². The van der Waals surface area contributed by atoms with Crippen LogP contribution in [0, 0.1) is 0 Å². The number of hydrogen-bond donors (Lipinski definition) is 3. The van der Waals surface area contributed by atoms with Crippen molar-refractivity contribution >= 4 is 5.97 Å². The van der Waals surface area contributed by atoms with Gasteiger partial charge in [-0.1, -0.05) is 0 Å². The van der Waals surface area contributed by atoms with Gasteiger partial charge in [0, 0.05) is 6.42 Å². The van der Waals surface area contributed by atoms with Gasteiger partial charge in [-0.25, -0.2) is 0 Å². The van der Waals surface area contributed by atoms with Crippen molar-refractivity contribution < 1.29 is 15.0 Å². The summed E-state index contributed by atoms with van der Waals surface area (Å²) in [4.78, 5) is 10.8. The van der Waals surface area contributed by atoms with Crippen LogP contribution in [-0.2, 0) is 4.79 Å². The van der Waals surface area contributed by atoms with Crippen LogP contribution < -0.4 is 5.32 Å². The van der Waals surface area contributed by atoms with E-state index in [1.165, 1.54) is 0 Å². The van der Waals surface area contributed by atoms with Crippen LogP contribution in [0.25, 0.3) is 0 Å². The molecule has 0 bridgehead atoms. The predicted octanol–water partition coefficient (Wildman–Crippen LogP) is 0.210. The monoisotopic (exact) mass is 175 g/mol. The van der Waals surface area contributed by atoms with Crippen molar-refractivity contribution in [2.24, 2.45) is 0 Å². The minimum absolute atomic E-state index is 0.172. The maximum Gasteiger partial charge on any atom is 0.323 e. The second-order valence-corrected chi connectivity index (χ2v) is 3.88. The zero-order valence-corrected chi connectivity index (χ0v) is 8.01. The fourth-order valence-electron chi connectivity index (χ4n) is 1.14. The van der Waals surface area contributed by atoms with Gasteiger partial charge < -0.3 is 15.5 Å². The van der Waals surface area contributed by atoms with Crippen LogP contribution in [0.4, 0.5) is 0 Å². The summed E-state index contributed by atoms with van der Waals surface area (Å²) in [5.74, 6) is -0.952. The van der Waals surface area contributed by atoms with Gasteiger partial charge in [0.15, 0.2) is 0 Å². The normalized spacial score (nSPS) is 17.1. The molecule has 0 aliphatic rings. The number of nitrogens with one attached hydrogen (secondary N) is 1. The number of aliphatic carboxylic acids is 1. The Morgan fingerprint density at radius 1 is 1.42 bits per heavy atom. The number of aliphatic hydroxyl groups is 1. The first kappa shape index (κ1) is 11.4. The molecular formula is C8H17NO3. The molecule has 4 nitrogen and oxygen atoms in total. The van der Waals surface area contributed by atoms with Crippen LogP contribution in [-0.4, -0.2) is 34.4 Å². The van der Waals surface area contributed by atoms with E-state index in [2.05, 4.69) is 5.32 Å². The van der Waals surface area contributed by atoms with Gasteiger partial charge in [-0.15, -0.1) is 0 Å². The van der Waals surface area contributed by atoms with E-state index < -0.39 is 17.1 Å². The molecule has 0 aromatic carbocycles. The van der Waals surface area contributed by atoms with Gasteiger partial charge in [0.25, 0.3) is 0 Å². The molecule has 12 heavy (non-hydrogen) atoms. The van der Waals surface area contributed by atoms with Gasteiger partial charge in [0.05, 0.1) is 5.60 Å². The van der Waals surface area contributed by atoms with E-state index in [-0.39, 0.29) is 6.42 Å². The summed E-state index contributed by atoms with van der Waals surface area (Å²) < 4.78 is 0. The standard InChI is InChI=1S/C8H17NO3/c1-7(2,12)5-8(3,9-4)6(10)11/h9,12H,5H2,1-4H3,(H,10,11). The second kappa shape index (κ2) is 3.41. The summed E-state index contributed by atoms with van der Waals surface area (Å²) in [6, 6.07) is 0. The van der Waals surface area contributed by atoms with Crippen LogP contribution in [0.2, 0.25) is 0 Å². The van der Waals surface area contributed by atoms with Crippen LogP contribution in [0.5, 0.6) is 0 Å². The third-order valence-electron chi connectivity index (χ3n) is 1.81. The van der Waals surface area contributed by atoms with Gasteiger partial charge in [-0.05, 0) is 27.8 Å². The highest BCUT2D eigenvalue weighted by Gasteiger charge is 2.36. The molecule has 0 rings (SSSR count). The summed E-state index contributed by atoms with van der Waals surface area (Å²) in [6.45, 7) is 4.73. The van der Waals surface area contributed by atoms with E-state index >= 15 is 0 Å². The number of rotatable bonds is 4. The highest BCUT2D eigenvalue weighted by Crippen LogP contribution is 2.19. The van der Waals surface area contributed by atoms with E-state index in [0.717, 1.165) is 0 Å². The molecule has 1 unspecified atom stereocenters. The average Bonchev–Trinajstić information content (AvgIpc) is 1.83. The van der Waals surface area contributed by atoms with Crippen LogP contribution in [0.3, 0.4) is 0 Å². The number of likely N-dealkylation sites (N-methyl/N-ethyl adjacent to an activating group) is 1. The quantitative estimate of drug-likeness (QED) is 0.571. The lowest BCUT2D eigenvalue weighted by atomic mass is 9.88. The minimum atomic E-state index is -1.06. The van der Waals surface area contributed by atoms with Crippen LogP contribution in [0.15, 0.2) is 0 Å². The molecule has 0 aromatic heterocycles. The Morgan fingerprint density at radius 3 is 1.92 bits per heavy atom. The van der Waals surface area contributed by atoms with Crippen molar-refractivity contribution in [3.8, 4) is 0 Å². The maximum absolute atomic E-state index is 10.8. The summed E-state index contributed by atoms with van der Waals surface area (Å²) >= 11 is 0. The summed E-state index contributed by atoms with van der Waals surface area (Å²) in [5.41, 5.74) is -2.03. The first-order chi connectivity index (χ1) is 5.21. The van der Waals surface area contributed by atoms with Crippen molar-refractivity contribution in [1.82, 2.24) is 5.32 Å². The highest BCUT2D eigenvalue weighted by atomic mass is 16.4. The SMILES string of the molecule is CNC(C)(CC(C)(C)O)C(=O)O. The van der Waals surface area contributed by atoms with Crippen molar-refractivity contribution in [2.75, 3.05) is 7.05 Å². The van der Waals surface area contributed by atoms with Gasteiger partial charge in [0.2, 0.25) is 0 Å². The van der Waals surface area contributed by atoms with Gasteiger partial charge >= 0.3 is 5.97 Å². The Morgan fingerprint density at radius 2 is 1.83 bits per heavy atom. The molecule has 0 saturated carbocycles. The molecule has 1 atom stereocenters. The fourth-order valence-corrected chi connectivity index (χ4v) is 1.14. The Balaban J connectivity index is 4.46. The Bertz CT molecular complexity index is 174. The number of hydrogen-bond acceptors (Lipinski definition) is 3. The molecule has 72 valence electrons. The Kier molecular flexibility index (Phi) is 3.24. The Hall–Kier alpha value is -0.610. The van der Waals surface area contributed by atoms with Gasteiger partial charge in [-0.2, -0.15) is 0 Å². The number of carbonyl (C=O) groups is 1. The topological polar surface area (TPSA) is 69.6 Å². The van der Waals surface area contributed by atoms with Crippen molar-refractivity contribution in [3.05, 3.63) is 0 Å². The number of carboxylic acids is 1. The third-order valence-corrected chi connectivity index (χ3v) is 1.81. The van der Waals surface area contributed by atoms with Crippen LogP contribution in [0.1, 0.15) is 27.2 Å². The molecule has 4 heteroatoms. The van der Waals surface area contributed by atoms with E-state index in [1.807, 2.05) is 0 Å². The predicted molar refractivity (Wildman–Crippen MR) is 46.0 cm³/mol. The zero-order chi connectivity index (χ0) is 9.99. The molecule has 0 aromatic rings. The molecule has 0 spiro atoms. The summed E-state index contributed by atoms with van der Waals surface area (Å²) in [5, 5.41) is 20.9. The molecule has 0 fully saturated rings. The Labute approximate surface area is 72.6 Å². The van der Waals surface area contributed by atoms with Gasteiger partial charge in [0.1, 0.15) is 5.54 Å². The van der Waals surface area contributed by atoms with E-state index in [1.54, 1.807) is 27.8 Å². The van der Waals surface area contributed by atoms with Crippen molar-refractivity contribution in [1.29, 1.82) is 0 Å². The fraction of sp³-hybridized carbons (Fsp3) is 0.875. The molecule has 0 radical (unpaired) electrons. The molecule has 0 saturated heterocycles. The second-order valence-electron chi connectivity index (χ2n) is 3.88. The number of carboxylic acid groups (broad SMARTS) is 1. The summed E-state index contributed by atoms with van der Waals surface area (Å²) in [7, 11) is 1.57. The lowest BCUT2D eigenvalue weighted by molar-refractivity contribution is -0.146. The first-order valence-electron chi connectivity index (χ1n) is 3.86. The zero-order valence-electron chi connectivity index (χ0n) is 8.01. The lowest BCUT2D eigenvalue weighted by Gasteiger charge is -2.30. The molecule has 0 amide bonds. The maximum atomic E-state index is 10.8. The minimum Gasteiger partial charge on any atom is -0.480 e. The lowest BCUT2D eigenvalue weighted by Crippen LogP contribution is -2.51. The third kappa shape index (κ3) is 3.19. The molecule has 3 N–H and O–H groups in total. The van der Waals surface area contributed by atoms with Crippen molar-refractivity contribution in [2.45, 2.75) is 38.3 Å². The average molecular weight is 175 g/mol. The summed E-state index contributed by atoms with van der Waals surface area (Å²) in [6.07, 6.45) is 0.172. The molecule has 0 heterocycles. The highest BCUT2D eigenvalue weighted by molar-refractivity contribution is 5.78. The van der Waals surface area contributed by atoms with E-state index in [4.69, 9.17) is 5.11 Å². The molecular weight excluding hydrogens is 158 g/mol. The van der Waals surface area contributed by atoms with Gasteiger partial charge in [-0.3, -0.25) is 4.79 Å². The molecule has 0 aliphatic carbocycles.